The molecule has 3 heteroatoms. The molecule has 0 aromatic heterocycles. The molecule has 2 rings (SSSR count). The molecule has 3 unspecified atom stereocenters. The highest BCUT2D eigenvalue weighted by Crippen LogP contribution is 2.35. The smallest absolute Gasteiger partial charge is 0.127 e. The Labute approximate surface area is 126 Å². The third-order valence-corrected chi connectivity index (χ3v) is 5.04. The van der Waals surface area contributed by atoms with Gasteiger partial charge in [0, 0.05) is 16.6 Å². The molecule has 1 saturated carbocycles. The molecule has 1 aliphatic rings. The monoisotopic (exact) mass is 297 g/mol. The van der Waals surface area contributed by atoms with Gasteiger partial charge in [-0.05, 0) is 56.7 Å². The lowest BCUT2D eigenvalue weighted by atomic mass is 9.74. The first-order valence-electron chi connectivity index (χ1n) is 7.75. The van der Waals surface area contributed by atoms with E-state index in [1.807, 2.05) is 7.05 Å². The third-order valence-electron chi connectivity index (χ3n) is 4.69. The molecule has 20 heavy (non-hydrogen) atoms. The quantitative estimate of drug-likeness (QED) is 0.821. The molecule has 0 aliphatic heterocycles. The van der Waals surface area contributed by atoms with Gasteiger partial charge in [0.1, 0.15) is 5.82 Å². The maximum atomic E-state index is 14.0. The molecule has 112 valence electrons. The van der Waals surface area contributed by atoms with Gasteiger partial charge in [0.25, 0.3) is 0 Å². The molecule has 0 spiro atoms. The maximum Gasteiger partial charge on any atom is 0.127 e. The van der Waals surface area contributed by atoms with E-state index in [9.17, 15) is 4.39 Å². The fourth-order valence-electron chi connectivity index (χ4n) is 3.63. The lowest BCUT2D eigenvalue weighted by molar-refractivity contribution is 0.199. The fraction of sp³-hybridized carbons (Fsp3) is 0.647. The Morgan fingerprint density at radius 1 is 1.35 bits per heavy atom. The van der Waals surface area contributed by atoms with Gasteiger partial charge in [-0.25, -0.2) is 4.39 Å². The van der Waals surface area contributed by atoms with Crippen molar-refractivity contribution in [2.24, 2.45) is 11.8 Å². The minimum Gasteiger partial charge on any atom is -0.317 e. The lowest BCUT2D eigenvalue weighted by Crippen LogP contribution is -2.39. The number of hydrogen-bond donors (Lipinski definition) is 1. The van der Waals surface area contributed by atoms with Crippen LogP contribution in [-0.4, -0.2) is 13.1 Å². The van der Waals surface area contributed by atoms with Crippen molar-refractivity contribution in [2.75, 3.05) is 7.05 Å². The summed E-state index contributed by atoms with van der Waals surface area (Å²) < 4.78 is 14.0. The van der Waals surface area contributed by atoms with E-state index in [4.69, 9.17) is 11.6 Å². The summed E-state index contributed by atoms with van der Waals surface area (Å²) in [5, 5.41) is 3.98. The lowest BCUT2D eigenvalue weighted by Gasteiger charge is -2.36. The minimum absolute atomic E-state index is 0.162. The van der Waals surface area contributed by atoms with Crippen LogP contribution in [0.4, 0.5) is 4.39 Å². The standard InChI is InChI=1S/C17H25ClFN/c1-3-5-12-8-9-17(20-2)13(10-12)11-14-15(18)6-4-7-16(14)19/h4,6-7,12-13,17,20H,3,5,8-11H2,1-2H3. The SMILES string of the molecule is CCCC1CCC(NC)C(Cc2c(F)cccc2Cl)C1. The van der Waals surface area contributed by atoms with E-state index < -0.39 is 0 Å². The van der Waals surface area contributed by atoms with Crippen molar-refractivity contribution in [3.63, 3.8) is 0 Å². The Morgan fingerprint density at radius 3 is 2.80 bits per heavy atom. The number of hydrogen-bond acceptors (Lipinski definition) is 1. The van der Waals surface area contributed by atoms with Crippen LogP contribution in [0.25, 0.3) is 0 Å². The van der Waals surface area contributed by atoms with E-state index in [2.05, 4.69) is 12.2 Å². The number of rotatable bonds is 5. The van der Waals surface area contributed by atoms with Crippen molar-refractivity contribution in [1.29, 1.82) is 0 Å². The molecule has 3 atom stereocenters. The third kappa shape index (κ3) is 3.73. The molecule has 1 aromatic rings. The fourth-order valence-corrected chi connectivity index (χ4v) is 3.87. The summed E-state index contributed by atoms with van der Waals surface area (Å²) in [5.41, 5.74) is 0.691. The van der Waals surface area contributed by atoms with Gasteiger partial charge in [-0.2, -0.15) is 0 Å². The van der Waals surface area contributed by atoms with Crippen molar-refractivity contribution < 1.29 is 4.39 Å². The van der Waals surface area contributed by atoms with Crippen LogP contribution in [0.2, 0.25) is 5.02 Å². The predicted molar refractivity (Wildman–Crippen MR) is 83.7 cm³/mol. The highest BCUT2D eigenvalue weighted by atomic mass is 35.5. The van der Waals surface area contributed by atoms with Gasteiger partial charge in [0.2, 0.25) is 0 Å². The zero-order valence-corrected chi connectivity index (χ0v) is 13.2. The van der Waals surface area contributed by atoms with Crippen molar-refractivity contribution in [3.05, 3.63) is 34.6 Å². The molecule has 0 saturated heterocycles. The van der Waals surface area contributed by atoms with Gasteiger partial charge < -0.3 is 5.32 Å². The molecule has 1 aromatic carbocycles. The van der Waals surface area contributed by atoms with Crippen LogP contribution in [0.1, 0.15) is 44.6 Å². The van der Waals surface area contributed by atoms with Crippen molar-refractivity contribution in [3.8, 4) is 0 Å². The molecule has 0 radical (unpaired) electrons. The maximum absolute atomic E-state index is 14.0. The van der Waals surface area contributed by atoms with Crippen molar-refractivity contribution >= 4 is 11.6 Å². The Kier molecular flexibility index (Phi) is 5.86. The second-order valence-corrected chi connectivity index (χ2v) is 6.43. The molecule has 1 nitrogen and oxygen atoms in total. The van der Waals surface area contributed by atoms with Gasteiger partial charge in [-0.15, -0.1) is 0 Å². The van der Waals surface area contributed by atoms with E-state index >= 15 is 0 Å². The van der Waals surface area contributed by atoms with Crippen LogP contribution >= 0.6 is 11.6 Å². The van der Waals surface area contributed by atoms with Gasteiger partial charge in [-0.1, -0.05) is 37.4 Å². The van der Waals surface area contributed by atoms with Gasteiger partial charge in [0.15, 0.2) is 0 Å². The number of benzene rings is 1. The summed E-state index contributed by atoms with van der Waals surface area (Å²) in [4.78, 5) is 0. The van der Waals surface area contributed by atoms with E-state index in [0.717, 1.165) is 12.3 Å². The average molecular weight is 298 g/mol. The summed E-state index contributed by atoms with van der Waals surface area (Å²) in [6, 6.07) is 5.47. The summed E-state index contributed by atoms with van der Waals surface area (Å²) in [7, 11) is 2.01. The van der Waals surface area contributed by atoms with Crippen LogP contribution < -0.4 is 5.32 Å². The summed E-state index contributed by atoms with van der Waals surface area (Å²) in [6.07, 6.45) is 6.94. The topological polar surface area (TPSA) is 12.0 Å². The van der Waals surface area contributed by atoms with Crippen LogP contribution in [0.15, 0.2) is 18.2 Å². The van der Waals surface area contributed by atoms with Crippen LogP contribution in [0, 0.1) is 17.7 Å². The van der Waals surface area contributed by atoms with E-state index in [1.54, 1.807) is 12.1 Å². The van der Waals surface area contributed by atoms with Gasteiger partial charge in [0.05, 0.1) is 0 Å². The van der Waals surface area contributed by atoms with Gasteiger partial charge in [-0.3, -0.25) is 0 Å². The zero-order chi connectivity index (χ0) is 14.5. The highest BCUT2D eigenvalue weighted by Gasteiger charge is 2.30. The van der Waals surface area contributed by atoms with Crippen molar-refractivity contribution in [2.45, 2.75) is 51.5 Å². The Hall–Kier alpha value is -0.600. The van der Waals surface area contributed by atoms with E-state index in [1.165, 1.54) is 38.2 Å². The van der Waals surface area contributed by atoms with Gasteiger partial charge >= 0.3 is 0 Å². The van der Waals surface area contributed by atoms with Crippen LogP contribution in [0.3, 0.4) is 0 Å². The summed E-state index contributed by atoms with van der Waals surface area (Å²) >= 11 is 6.18. The Bertz CT molecular complexity index is 415. The molecule has 1 aliphatic carbocycles. The molecule has 1 fully saturated rings. The number of halogens is 2. The zero-order valence-electron chi connectivity index (χ0n) is 12.5. The van der Waals surface area contributed by atoms with Crippen molar-refractivity contribution in [1.82, 2.24) is 5.32 Å². The van der Waals surface area contributed by atoms with Crippen LogP contribution in [-0.2, 0) is 6.42 Å². The van der Waals surface area contributed by atoms with Crippen LogP contribution in [0.5, 0.6) is 0 Å². The predicted octanol–water partition coefficient (Wildman–Crippen LogP) is 4.83. The molecule has 1 N–H and O–H groups in total. The number of nitrogens with one attached hydrogen (secondary N) is 1. The minimum atomic E-state index is -0.162. The normalized spacial score (nSPS) is 26.7. The summed E-state index contributed by atoms with van der Waals surface area (Å²) in [6.45, 7) is 2.24. The molecule has 0 bridgehead atoms. The van der Waals surface area contributed by atoms with E-state index in [-0.39, 0.29) is 5.82 Å². The summed E-state index contributed by atoms with van der Waals surface area (Å²) in [5.74, 6) is 1.12. The first kappa shape index (κ1) is 15.8. The molecular weight excluding hydrogens is 273 g/mol. The molecule has 0 heterocycles. The molecule has 0 amide bonds. The largest absolute Gasteiger partial charge is 0.317 e. The Morgan fingerprint density at radius 2 is 2.15 bits per heavy atom. The average Bonchev–Trinajstić information content (AvgIpc) is 2.44. The second-order valence-electron chi connectivity index (χ2n) is 6.03. The first-order chi connectivity index (χ1) is 9.65. The molecular formula is C17H25ClFN. The van der Waals surface area contributed by atoms with E-state index in [0.29, 0.717) is 22.5 Å². The Balaban J connectivity index is 2.11. The second kappa shape index (κ2) is 7.42. The highest BCUT2D eigenvalue weighted by molar-refractivity contribution is 6.31. The first-order valence-corrected chi connectivity index (χ1v) is 8.13.